The van der Waals surface area contributed by atoms with Crippen molar-refractivity contribution in [3.8, 4) is 0 Å². The third-order valence-corrected chi connectivity index (χ3v) is 4.29. The molecule has 1 aromatic heterocycles. The second-order valence-corrected chi connectivity index (χ2v) is 5.79. The molecule has 1 aliphatic carbocycles. The van der Waals surface area contributed by atoms with Crippen molar-refractivity contribution in [3.63, 3.8) is 0 Å². The van der Waals surface area contributed by atoms with Crippen molar-refractivity contribution < 1.29 is 0 Å². The molecule has 1 heterocycles. The van der Waals surface area contributed by atoms with Gasteiger partial charge in [-0.3, -0.25) is 0 Å². The molecule has 1 nitrogen and oxygen atoms in total. The van der Waals surface area contributed by atoms with E-state index in [1.807, 2.05) is 0 Å². The SMILES string of the molecule is CC(C)C1CCC(Nc2ccsc2)CC1. The Morgan fingerprint density at radius 1 is 1.27 bits per heavy atom. The van der Waals surface area contributed by atoms with E-state index in [2.05, 4.69) is 36.0 Å². The van der Waals surface area contributed by atoms with E-state index < -0.39 is 0 Å². The molecule has 1 aromatic rings. The first kappa shape index (κ1) is 11.0. The average Bonchev–Trinajstić information content (AvgIpc) is 2.71. The summed E-state index contributed by atoms with van der Waals surface area (Å²) < 4.78 is 0. The molecule has 84 valence electrons. The fraction of sp³-hybridized carbons (Fsp3) is 0.692. The molecule has 1 saturated carbocycles. The Hall–Kier alpha value is -0.500. The Morgan fingerprint density at radius 3 is 2.53 bits per heavy atom. The summed E-state index contributed by atoms with van der Waals surface area (Å²) in [5.41, 5.74) is 1.31. The monoisotopic (exact) mass is 223 g/mol. The number of hydrogen-bond acceptors (Lipinski definition) is 2. The summed E-state index contributed by atoms with van der Waals surface area (Å²) in [5.74, 6) is 1.83. The highest BCUT2D eigenvalue weighted by Gasteiger charge is 2.22. The van der Waals surface area contributed by atoms with Crippen molar-refractivity contribution in [2.75, 3.05) is 5.32 Å². The van der Waals surface area contributed by atoms with Crippen LogP contribution in [0.4, 0.5) is 5.69 Å². The summed E-state index contributed by atoms with van der Waals surface area (Å²) in [4.78, 5) is 0. The van der Waals surface area contributed by atoms with Crippen LogP contribution in [0.3, 0.4) is 0 Å². The minimum absolute atomic E-state index is 0.717. The lowest BCUT2D eigenvalue weighted by Gasteiger charge is -2.31. The van der Waals surface area contributed by atoms with Gasteiger partial charge in [-0.05, 0) is 49.0 Å². The van der Waals surface area contributed by atoms with E-state index in [0.29, 0.717) is 0 Å². The van der Waals surface area contributed by atoms with Crippen LogP contribution in [-0.2, 0) is 0 Å². The second kappa shape index (κ2) is 5.02. The summed E-state index contributed by atoms with van der Waals surface area (Å²) in [6.45, 7) is 4.72. The third-order valence-electron chi connectivity index (χ3n) is 3.61. The first-order valence-electron chi connectivity index (χ1n) is 6.04. The van der Waals surface area contributed by atoms with E-state index in [-0.39, 0.29) is 0 Å². The fourth-order valence-corrected chi connectivity index (χ4v) is 3.11. The molecule has 15 heavy (non-hydrogen) atoms. The van der Waals surface area contributed by atoms with Crippen LogP contribution >= 0.6 is 11.3 Å². The van der Waals surface area contributed by atoms with Gasteiger partial charge in [-0.15, -0.1) is 0 Å². The van der Waals surface area contributed by atoms with E-state index in [0.717, 1.165) is 17.9 Å². The van der Waals surface area contributed by atoms with Crippen LogP contribution in [0.2, 0.25) is 0 Å². The number of anilines is 1. The summed E-state index contributed by atoms with van der Waals surface area (Å²) >= 11 is 1.77. The lowest BCUT2D eigenvalue weighted by molar-refractivity contribution is 0.267. The Labute approximate surface area is 96.9 Å². The molecule has 0 spiro atoms. The maximum Gasteiger partial charge on any atom is 0.0450 e. The van der Waals surface area contributed by atoms with E-state index >= 15 is 0 Å². The zero-order valence-corrected chi connectivity index (χ0v) is 10.5. The summed E-state index contributed by atoms with van der Waals surface area (Å²) in [5, 5.41) is 7.97. The van der Waals surface area contributed by atoms with Gasteiger partial charge in [0, 0.05) is 17.1 Å². The zero-order chi connectivity index (χ0) is 10.7. The quantitative estimate of drug-likeness (QED) is 0.802. The molecule has 0 radical (unpaired) electrons. The highest BCUT2D eigenvalue weighted by atomic mass is 32.1. The Bertz CT molecular complexity index is 271. The van der Waals surface area contributed by atoms with Crippen LogP contribution < -0.4 is 5.32 Å². The van der Waals surface area contributed by atoms with Crippen molar-refractivity contribution in [2.45, 2.75) is 45.6 Å². The first-order chi connectivity index (χ1) is 7.25. The molecule has 0 aromatic carbocycles. The number of nitrogens with one attached hydrogen (secondary N) is 1. The molecule has 0 saturated heterocycles. The normalized spacial score (nSPS) is 26.9. The molecule has 0 aliphatic heterocycles. The Balaban J connectivity index is 1.79. The summed E-state index contributed by atoms with van der Waals surface area (Å²) in [6.07, 6.45) is 5.50. The van der Waals surface area contributed by atoms with Gasteiger partial charge in [0.05, 0.1) is 0 Å². The molecule has 0 bridgehead atoms. The average molecular weight is 223 g/mol. The van der Waals surface area contributed by atoms with Crippen molar-refractivity contribution in [3.05, 3.63) is 16.8 Å². The van der Waals surface area contributed by atoms with Crippen LogP contribution in [0, 0.1) is 11.8 Å². The number of rotatable bonds is 3. The predicted molar refractivity (Wildman–Crippen MR) is 68.5 cm³/mol. The second-order valence-electron chi connectivity index (χ2n) is 5.01. The maximum absolute atomic E-state index is 3.63. The van der Waals surface area contributed by atoms with Gasteiger partial charge >= 0.3 is 0 Å². The molecule has 0 amide bonds. The van der Waals surface area contributed by atoms with Crippen LogP contribution in [-0.4, -0.2) is 6.04 Å². The van der Waals surface area contributed by atoms with Crippen molar-refractivity contribution >= 4 is 17.0 Å². The van der Waals surface area contributed by atoms with Gasteiger partial charge in [-0.1, -0.05) is 13.8 Å². The smallest absolute Gasteiger partial charge is 0.0450 e. The Kier molecular flexibility index (Phi) is 3.68. The van der Waals surface area contributed by atoms with Crippen LogP contribution in [0.15, 0.2) is 16.8 Å². The molecule has 0 atom stereocenters. The zero-order valence-electron chi connectivity index (χ0n) is 9.70. The van der Waals surface area contributed by atoms with Crippen molar-refractivity contribution in [2.24, 2.45) is 11.8 Å². The minimum Gasteiger partial charge on any atom is -0.382 e. The highest BCUT2D eigenvalue weighted by molar-refractivity contribution is 7.08. The maximum atomic E-state index is 3.63. The van der Waals surface area contributed by atoms with Crippen LogP contribution in [0.5, 0.6) is 0 Å². The van der Waals surface area contributed by atoms with Gasteiger partial charge in [-0.25, -0.2) is 0 Å². The third kappa shape index (κ3) is 2.97. The van der Waals surface area contributed by atoms with E-state index in [1.54, 1.807) is 11.3 Å². The van der Waals surface area contributed by atoms with Gasteiger partial charge in [0.15, 0.2) is 0 Å². The predicted octanol–water partition coefficient (Wildman–Crippen LogP) is 4.37. The van der Waals surface area contributed by atoms with Crippen molar-refractivity contribution in [1.82, 2.24) is 0 Å². The van der Waals surface area contributed by atoms with E-state index in [1.165, 1.54) is 31.4 Å². The summed E-state index contributed by atoms with van der Waals surface area (Å²) in [6, 6.07) is 2.90. The van der Waals surface area contributed by atoms with E-state index in [4.69, 9.17) is 0 Å². The van der Waals surface area contributed by atoms with E-state index in [9.17, 15) is 0 Å². The molecule has 2 rings (SSSR count). The molecule has 1 fully saturated rings. The first-order valence-corrected chi connectivity index (χ1v) is 6.98. The largest absolute Gasteiger partial charge is 0.382 e. The van der Waals surface area contributed by atoms with Crippen LogP contribution in [0.1, 0.15) is 39.5 Å². The lowest BCUT2D eigenvalue weighted by Crippen LogP contribution is -2.27. The molecular weight excluding hydrogens is 202 g/mol. The standard InChI is InChI=1S/C13H21NS/c1-10(2)11-3-5-12(6-4-11)14-13-7-8-15-9-13/h7-12,14H,3-6H2,1-2H3. The topological polar surface area (TPSA) is 12.0 Å². The van der Waals surface area contributed by atoms with Gasteiger partial charge in [0.1, 0.15) is 0 Å². The highest BCUT2D eigenvalue weighted by Crippen LogP contribution is 2.31. The van der Waals surface area contributed by atoms with Crippen LogP contribution in [0.25, 0.3) is 0 Å². The summed E-state index contributed by atoms with van der Waals surface area (Å²) in [7, 11) is 0. The number of thiophene rings is 1. The number of hydrogen-bond donors (Lipinski definition) is 1. The lowest BCUT2D eigenvalue weighted by atomic mass is 9.80. The fourth-order valence-electron chi connectivity index (χ4n) is 2.51. The van der Waals surface area contributed by atoms with Crippen molar-refractivity contribution in [1.29, 1.82) is 0 Å². The molecular formula is C13H21NS. The van der Waals surface area contributed by atoms with Gasteiger partial charge < -0.3 is 5.32 Å². The molecule has 2 heteroatoms. The van der Waals surface area contributed by atoms with Gasteiger partial charge in [0.2, 0.25) is 0 Å². The minimum atomic E-state index is 0.717. The molecule has 1 aliphatic rings. The molecule has 1 N–H and O–H groups in total. The Morgan fingerprint density at radius 2 is 2.00 bits per heavy atom. The molecule has 0 unspecified atom stereocenters. The van der Waals surface area contributed by atoms with Gasteiger partial charge in [0.25, 0.3) is 0 Å². The van der Waals surface area contributed by atoms with Gasteiger partial charge in [-0.2, -0.15) is 11.3 Å².